The number of benzene rings is 1. The van der Waals surface area contributed by atoms with Crippen LogP contribution in [0, 0.1) is 16.1 Å². The van der Waals surface area contributed by atoms with Crippen molar-refractivity contribution >= 4 is 11.5 Å². The van der Waals surface area contributed by atoms with E-state index in [0.29, 0.717) is 5.82 Å². The van der Waals surface area contributed by atoms with Gasteiger partial charge in [-0.3, -0.25) is 10.1 Å². The number of halogens is 1. The Balaban J connectivity index is 2.11. The Morgan fingerprint density at radius 3 is 2.53 bits per heavy atom. The topological polar surface area (TPSA) is 68.1 Å². The van der Waals surface area contributed by atoms with Gasteiger partial charge in [0.1, 0.15) is 5.82 Å². The molecule has 1 N–H and O–H groups in total. The molecule has 0 saturated carbocycles. The Bertz CT molecular complexity index is 587. The van der Waals surface area contributed by atoms with Crippen LogP contribution in [0.25, 0.3) is 0 Å². The lowest BCUT2D eigenvalue weighted by atomic mass is 10.1. The van der Waals surface area contributed by atoms with Crippen LogP contribution in [0.1, 0.15) is 18.5 Å². The van der Waals surface area contributed by atoms with E-state index in [4.69, 9.17) is 0 Å². The van der Waals surface area contributed by atoms with Gasteiger partial charge in [0.2, 0.25) is 5.95 Å². The quantitative estimate of drug-likeness (QED) is 0.521. The maximum atomic E-state index is 12.9. The predicted octanol–water partition coefficient (Wildman–Crippen LogP) is 3.30. The second-order valence-electron chi connectivity index (χ2n) is 4.06. The number of anilines is 1. The number of pyridine rings is 1. The number of nitrogens with one attached hydrogen (secondary N) is 1. The van der Waals surface area contributed by atoms with Crippen molar-refractivity contribution in [3.8, 4) is 0 Å². The molecule has 19 heavy (non-hydrogen) atoms. The molecule has 0 spiro atoms. The number of nitro benzene ring substituents is 1. The third kappa shape index (κ3) is 3.25. The Hall–Kier alpha value is -2.50. The number of nitro groups is 1. The molecule has 0 saturated heterocycles. The van der Waals surface area contributed by atoms with E-state index < -0.39 is 10.9 Å². The van der Waals surface area contributed by atoms with Crippen molar-refractivity contribution in [2.45, 2.75) is 13.0 Å². The van der Waals surface area contributed by atoms with Crippen LogP contribution in [0.2, 0.25) is 0 Å². The van der Waals surface area contributed by atoms with Crippen LogP contribution < -0.4 is 5.32 Å². The first kappa shape index (κ1) is 12.9. The summed E-state index contributed by atoms with van der Waals surface area (Å²) in [6, 6.07) is 10.6. The number of aromatic nitrogens is 1. The Labute approximate surface area is 109 Å². The largest absolute Gasteiger partial charge is 0.363 e. The molecule has 1 aromatic heterocycles. The molecule has 6 heteroatoms. The smallest absolute Gasteiger partial charge is 0.269 e. The third-order valence-electron chi connectivity index (χ3n) is 2.68. The Morgan fingerprint density at radius 1 is 1.26 bits per heavy atom. The predicted molar refractivity (Wildman–Crippen MR) is 69.3 cm³/mol. The van der Waals surface area contributed by atoms with E-state index >= 15 is 0 Å². The van der Waals surface area contributed by atoms with Crippen molar-refractivity contribution < 1.29 is 9.31 Å². The average molecular weight is 261 g/mol. The average Bonchev–Trinajstić information content (AvgIpc) is 2.39. The molecule has 0 aliphatic heterocycles. The lowest BCUT2D eigenvalue weighted by Gasteiger charge is -2.14. The summed E-state index contributed by atoms with van der Waals surface area (Å²) in [5, 5.41) is 13.6. The van der Waals surface area contributed by atoms with Gasteiger partial charge in [0, 0.05) is 18.2 Å². The van der Waals surface area contributed by atoms with Gasteiger partial charge in [-0.2, -0.15) is 4.39 Å². The first-order valence-corrected chi connectivity index (χ1v) is 5.70. The highest BCUT2D eigenvalue weighted by molar-refractivity contribution is 5.40. The van der Waals surface area contributed by atoms with Gasteiger partial charge in [-0.25, -0.2) is 4.98 Å². The molecule has 2 aromatic rings. The van der Waals surface area contributed by atoms with E-state index in [9.17, 15) is 14.5 Å². The van der Waals surface area contributed by atoms with Crippen LogP contribution in [0.3, 0.4) is 0 Å². The molecule has 0 amide bonds. The highest BCUT2D eigenvalue weighted by Gasteiger charge is 2.09. The second kappa shape index (κ2) is 5.43. The van der Waals surface area contributed by atoms with Gasteiger partial charge in [-0.15, -0.1) is 0 Å². The van der Waals surface area contributed by atoms with E-state index in [1.54, 1.807) is 24.3 Å². The van der Waals surface area contributed by atoms with Crippen molar-refractivity contribution in [3.63, 3.8) is 0 Å². The standard InChI is InChI=1S/C13H12FN3O2/c1-9(15-13-4-2-3-12(14)16-13)10-5-7-11(8-6-10)17(18)19/h2-9H,1H3,(H,15,16). The molecule has 0 aliphatic rings. The first-order chi connectivity index (χ1) is 9.06. The summed E-state index contributed by atoms with van der Waals surface area (Å²) in [7, 11) is 0. The lowest BCUT2D eigenvalue weighted by Crippen LogP contribution is -2.08. The Kier molecular flexibility index (Phi) is 3.70. The fourth-order valence-electron chi connectivity index (χ4n) is 1.68. The van der Waals surface area contributed by atoms with E-state index in [1.165, 1.54) is 18.2 Å². The summed E-state index contributed by atoms with van der Waals surface area (Å²) >= 11 is 0. The molecule has 0 fully saturated rings. The SMILES string of the molecule is CC(Nc1cccc(F)n1)c1ccc([N+](=O)[O-])cc1. The molecule has 98 valence electrons. The van der Waals surface area contributed by atoms with Crippen LogP contribution in [-0.4, -0.2) is 9.91 Å². The van der Waals surface area contributed by atoms with Crippen LogP contribution in [-0.2, 0) is 0 Å². The minimum absolute atomic E-state index is 0.0415. The van der Waals surface area contributed by atoms with Crippen molar-refractivity contribution in [1.82, 2.24) is 4.98 Å². The second-order valence-corrected chi connectivity index (χ2v) is 4.06. The summed E-state index contributed by atoms with van der Waals surface area (Å²) in [5.74, 6) is -0.133. The summed E-state index contributed by atoms with van der Waals surface area (Å²) in [6.07, 6.45) is 0. The molecule has 2 rings (SSSR count). The molecule has 1 unspecified atom stereocenters. The van der Waals surface area contributed by atoms with Crippen LogP contribution in [0.15, 0.2) is 42.5 Å². The highest BCUT2D eigenvalue weighted by Crippen LogP contribution is 2.20. The number of nitrogens with zero attached hydrogens (tertiary/aromatic N) is 2. The first-order valence-electron chi connectivity index (χ1n) is 5.70. The fraction of sp³-hybridized carbons (Fsp3) is 0.154. The van der Waals surface area contributed by atoms with Gasteiger partial charge < -0.3 is 5.32 Å². The van der Waals surface area contributed by atoms with E-state index in [1.807, 2.05) is 6.92 Å². The highest BCUT2D eigenvalue weighted by atomic mass is 19.1. The summed E-state index contributed by atoms with van der Waals surface area (Å²) in [4.78, 5) is 13.8. The molecular weight excluding hydrogens is 249 g/mol. The maximum Gasteiger partial charge on any atom is 0.269 e. The molecule has 0 aliphatic carbocycles. The summed E-state index contributed by atoms with van der Waals surface area (Å²) in [6.45, 7) is 1.87. The maximum absolute atomic E-state index is 12.9. The van der Waals surface area contributed by atoms with E-state index in [2.05, 4.69) is 10.3 Å². The zero-order chi connectivity index (χ0) is 13.8. The number of non-ortho nitro benzene ring substituents is 1. The monoisotopic (exact) mass is 261 g/mol. The minimum Gasteiger partial charge on any atom is -0.363 e. The van der Waals surface area contributed by atoms with Crippen molar-refractivity contribution in [2.24, 2.45) is 0 Å². The Morgan fingerprint density at radius 2 is 1.95 bits per heavy atom. The fourth-order valence-corrected chi connectivity index (χ4v) is 1.68. The lowest BCUT2D eigenvalue weighted by molar-refractivity contribution is -0.384. The van der Waals surface area contributed by atoms with E-state index in [-0.39, 0.29) is 11.7 Å². The molecular formula is C13H12FN3O2. The number of hydrogen-bond donors (Lipinski definition) is 1. The molecule has 0 radical (unpaired) electrons. The van der Waals surface area contributed by atoms with Crippen LogP contribution in [0.5, 0.6) is 0 Å². The summed E-state index contributed by atoms with van der Waals surface area (Å²) < 4.78 is 12.9. The normalized spacial score (nSPS) is 11.9. The van der Waals surface area contributed by atoms with Crippen molar-refractivity contribution in [3.05, 3.63) is 64.1 Å². The van der Waals surface area contributed by atoms with E-state index in [0.717, 1.165) is 5.56 Å². The molecule has 5 nitrogen and oxygen atoms in total. The minimum atomic E-state index is -0.555. The summed E-state index contributed by atoms with van der Waals surface area (Å²) in [5.41, 5.74) is 0.900. The number of rotatable bonds is 4. The van der Waals surface area contributed by atoms with Gasteiger partial charge in [-0.1, -0.05) is 18.2 Å². The van der Waals surface area contributed by atoms with Crippen LogP contribution >= 0.6 is 0 Å². The zero-order valence-electron chi connectivity index (χ0n) is 10.2. The molecule has 1 atom stereocenters. The number of hydrogen-bond acceptors (Lipinski definition) is 4. The third-order valence-corrected chi connectivity index (χ3v) is 2.68. The van der Waals surface area contributed by atoms with Crippen molar-refractivity contribution in [2.75, 3.05) is 5.32 Å². The van der Waals surface area contributed by atoms with Crippen LogP contribution in [0.4, 0.5) is 15.9 Å². The van der Waals surface area contributed by atoms with Gasteiger partial charge in [-0.05, 0) is 24.6 Å². The molecule has 0 bridgehead atoms. The molecule has 1 aromatic carbocycles. The van der Waals surface area contributed by atoms with Gasteiger partial charge in [0.05, 0.1) is 4.92 Å². The zero-order valence-corrected chi connectivity index (χ0v) is 10.2. The van der Waals surface area contributed by atoms with Gasteiger partial charge >= 0.3 is 0 Å². The van der Waals surface area contributed by atoms with Crippen molar-refractivity contribution in [1.29, 1.82) is 0 Å². The van der Waals surface area contributed by atoms with Gasteiger partial charge in [0.15, 0.2) is 0 Å². The van der Waals surface area contributed by atoms with Gasteiger partial charge in [0.25, 0.3) is 5.69 Å². The molecule has 1 heterocycles.